The van der Waals surface area contributed by atoms with Gasteiger partial charge in [-0.1, -0.05) is 6.07 Å². The molecule has 0 bridgehead atoms. The molecule has 2 aromatic carbocycles. The van der Waals surface area contributed by atoms with Gasteiger partial charge >= 0.3 is 11.9 Å². The zero-order chi connectivity index (χ0) is 21.3. The van der Waals surface area contributed by atoms with Gasteiger partial charge in [0.1, 0.15) is 0 Å². The lowest BCUT2D eigenvalue weighted by atomic mass is 10.1. The number of aromatic nitrogens is 1. The second-order valence-corrected chi connectivity index (χ2v) is 7.07. The summed E-state index contributed by atoms with van der Waals surface area (Å²) in [7, 11) is 0. The summed E-state index contributed by atoms with van der Waals surface area (Å²) in [5.74, 6) is -2.35. The van der Waals surface area contributed by atoms with E-state index in [0.717, 1.165) is 34.3 Å². The fourth-order valence-corrected chi connectivity index (χ4v) is 3.25. The van der Waals surface area contributed by atoms with Crippen LogP contribution in [0, 0.1) is 27.7 Å². The van der Waals surface area contributed by atoms with Crippen molar-refractivity contribution in [3.63, 3.8) is 0 Å². The fourth-order valence-electron chi connectivity index (χ4n) is 3.25. The number of carboxylic acids is 2. The maximum Gasteiger partial charge on any atom is 0.335 e. The minimum absolute atomic E-state index is 0.0715. The highest BCUT2D eigenvalue weighted by Gasteiger charge is 2.15. The minimum Gasteiger partial charge on any atom is -0.478 e. The first-order valence-electron chi connectivity index (χ1n) is 9.09. The molecule has 0 saturated heterocycles. The summed E-state index contributed by atoms with van der Waals surface area (Å²) in [6.07, 6.45) is 1.77. The lowest BCUT2D eigenvalue weighted by Crippen LogP contribution is -2.07. The second-order valence-electron chi connectivity index (χ2n) is 7.07. The summed E-state index contributed by atoms with van der Waals surface area (Å²) < 4.78 is 1.83. The predicted molar refractivity (Wildman–Crippen MR) is 112 cm³/mol. The van der Waals surface area contributed by atoms with E-state index in [1.54, 1.807) is 6.21 Å². The number of aromatic carboxylic acids is 2. The van der Waals surface area contributed by atoms with E-state index in [1.165, 1.54) is 17.7 Å². The highest BCUT2D eigenvalue weighted by molar-refractivity contribution is 5.95. The highest BCUT2D eigenvalue weighted by Crippen LogP contribution is 2.24. The van der Waals surface area contributed by atoms with Gasteiger partial charge in [0.25, 0.3) is 0 Å². The van der Waals surface area contributed by atoms with Crippen molar-refractivity contribution < 1.29 is 19.8 Å². The zero-order valence-corrected chi connectivity index (χ0v) is 16.7. The van der Waals surface area contributed by atoms with Crippen LogP contribution in [-0.2, 0) is 0 Å². The average molecular weight is 390 g/mol. The lowest BCUT2D eigenvalue weighted by molar-refractivity contribution is 0.0696. The van der Waals surface area contributed by atoms with Crippen LogP contribution in [0.4, 0.5) is 5.69 Å². The lowest BCUT2D eigenvalue weighted by Gasteiger charge is -2.12. The van der Waals surface area contributed by atoms with E-state index in [4.69, 9.17) is 0 Å². The zero-order valence-electron chi connectivity index (χ0n) is 16.7. The molecule has 0 aliphatic carbocycles. The van der Waals surface area contributed by atoms with Crippen molar-refractivity contribution in [1.82, 2.24) is 4.57 Å². The third-order valence-electron chi connectivity index (χ3n) is 4.98. The molecular formula is C23H22N2O4. The summed E-state index contributed by atoms with van der Waals surface area (Å²) in [4.78, 5) is 27.4. The number of rotatable bonds is 5. The Bertz CT molecular complexity index is 1120. The molecule has 3 rings (SSSR count). The monoisotopic (exact) mass is 390 g/mol. The fraction of sp³-hybridized carbons (Fsp3) is 0.174. The molecule has 3 aromatic rings. The topological polar surface area (TPSA) is 91.9 Å². The summed E-state index contributed by atoms with van der Waals surface area (Å²) in [6, 6.07) is 12.0. The predicted octanol–water partition coefficient (Wildman–Crippen LogP) is 4.86. The Hall–Kier alpha value is -3.67. The van der Waals surface area contributed by atoms with Crippen LogP contribution in [-0.4, -0.2) is 32.9 Å². The minimum atomic E-state index is -1.17. The summed E-state index contributed by atoms with van der Waals surface area (Å²) >= 11 is 0. The van der Waals surface area contributed by atoms with Crippen LogP contribution in [0.15, 0.2) is 47.5 Å². The molecule has 2 N–H and O–H groups in total. The van der Waals surface area contributed by atoms with Gasteiger partial charge in [0.2, 0.25) is 0 Å². The molecule has 0 atom stereocenters. The number of aryl methyl sites for hydroxylation is 3. The molecule has 0 amide bonds. The van der Waals surface area contributed by atoms with Crippen molar-refractivity contribution >= 4 is 23.8 Å². The third kappa shape index (κ3) is 4.11. The average Bonchev–Trinajstić information content (AvgIpc) is 2.95. The molecule has 1 aromatic heterocycles. The molecule has 1 heterocycles. The smallest absolute Gasteiger partial charge is 0.335 e. The Morgan fingerprint density at radius 3 is 2.03 bits per heavy atom. The van der Waals surface area contributed by atoms with E-state index in [-0.39, 0.29) is 11.1 Å². The van der Waals surface area contributed by atoms with E-state index in [1.807, 2.05) is 56.5 Å². The molecule has 0 aliphatic heterocycles. The van der Waals surface area contributed by atoms with Crippen LogP contribution < -0.4 is 0 Å². The quantitative estimate of drug-likeness (QED) is 0.609. The van der Waals surface area contributed by atoms with Crippen LogP contribution >= 0.6 is 0 Å². The number of hydrogen-bond donors (Lipinski definition) is 2. The summed E-state index contributed by atoms with van der Waals surface area (Å²) in [6.45, 7) is 7.86. The summed E-state index contributed by atoms with van der Waals surface area (Å²) in [5, 5.41) is 18.7. The van der Waals surface area contributed by atoms with E-state index >= 15 is 0 Å². The van der Waals surface area contributed by atoms with Crippen LogP contribution in [0.25, 0.3) is 5.69 Å². The standard InChI is InChI=1S/C23H22N2O4/c1-13-5-6-20(7-14(13)2)24-12-19-8-15(3)25(16(19)4)21-10-17(22(26)27)9-18(11-21)23(28)29/h5-12H,1-4H3,(H,26,27)(H,28,29). The van der Waals surface area contributed by atoms with Crippen LogP contribution in [0.2, 0.25) is 0 Å². The molecule has 0 unspecified atom stereocenters. The Morgan fingerprint density at radius 1 is 0.862 bits per heavy atom. The van der Waals surface area contributed by atoms with Gasteiger partial charge in [-0.2, -0.15) is 0 Å². The highest BCUT2D eigenvalue weighted by atomic mass is 16.4. The molecule has 0 saturated carbocycles. The van der Waals surface area contributed by atoms with Gasteiger partial charge in [-0.05, 0) is 75.2 Å². The second kappa shape index (κ2) is 7.75. The number of nitrogens with zero attached hydrogens (tertiary/aromatic N) is 2. The first kappa shape index (κ1) is 20.1. The Balaban J connectivity index is 2.06. The Kier molecular flexibility index (Phi) is 5.37. The number of carboxylic acid groups (broad SMARTS) is 2. The number of carbonyl (C=O) groups is 2. The molecule has 0 radical (unpaired) electrons. The Labute approximate surface area is 168 Å². The van der Waals surface area contributed by atoms with Gasteiger partial charge < -0.3 is 14.8 Å². The molecule has 29 heavy (non-hydrogen) atoms. The first-order chi connectivity index (χ1) is 13.7. The largest absolute Gasteiger partial charge is 0.478 e. The summed E-state index contributed by atoms with van der Waals surface area (Å²) in [5.41, 5.74) is 6.12. The van der Waals surface area contributed by atoms with Gasteiger partial charge in [-0.15, -0.1) is 0 Å². The van der Waals surface area contributed by atoms with Crippen molar-refractivity contribution in [1.29, 1.82) is 0 Å². The first-order valence-corrected chi connectivity index (χ1v) is 9.09. The van der Waals surface area contributed by atoms with E-state index in [0.29, 0.717) is 5.69 Å². The number of benzene rings is 2. The maximum absolute atomic E-state index is 11.4. The molecule has 6 heteroatoms. The number of aliphatic imine (C=N–C) groups is 1. The molecular weight excluding hydrogens is 368 g/mol. The van der Waals surface area contributed by atoms with Gasteiger partial charge in [0.05, 0.1) is 16.8 Å². The van der Waals surface area contributed by atoms with Gasteiger partial charge in [0.15, 0.2) is 0 Å². The number of hydrogen-bond acceptors (Lipinski definition) is 3. The van der Waals surface area contributed by atoms with Crippen molar-refractivity contribution in [3.8, 4) is 5.69 Å². The molecule has 0 fully saturated rings. The van der Waals surface area contributed by atoms with Gasteiger partial charge in [0, 0.05) is 28.9 Å². The SMILES string of the molecule is Cc1ccc(N=Cc2cc(C)n(-c3cc(C(=O)O)cc(C(=O)O)c3)c2C)cc1C. The van der Waals surface area contributed by atoms with Crippen LogP contribution in [0.5, 0.6) is 0 Å². The Morgan fingerprint density at radius 2 is 1.48 bits per heavy atom. The normalized spacial score (nSPS) is 11.2. The molecule has 0 spiro atoms. The van der Waals surface area contributed by atoms with E-state index in [2.05, 4.69) is 4.99 Å². The third-order valence-corrected chi connectivity index (χ3v) is 4.98. The van der Waals surface area contributed by atoms with Crippen molar-refractivity contribution in [2.45, 2.75) is 27.7 Å². The maximum atomic E-state index is 11.4. The molecule has 0 aliphatic rings. The van der Waals surface area contributed by atoms with E-state index < -0.39 is 11.9 Å². The van der Waals surface area contributed by atoms with Crippen molar-refractivity contribution in [2.75, 3.05) is 0 Å². The van der Waals surface area contributed by atoms with Crippen LogP contribution in [0.1, 0.15) is 48.8 Å². The van der Waals surface area contributed by atoms with Crippen molar-refractivity contribution in [2.24, 2.45) is 4.99 Å². The van der Waals surface area contributed by atoms with Gasteiger partial charge in [-0.25, -0.2) is 9.59 Å². The molecule has 148 valence electrons. The molecule has 6 nitrogen and oxygen atoms in total. The van der Waals surface area contributed by atoms with Crippen LogP contribution in [0.3, 0.4) is 0 Å². The van der Waals surface area contributed by atoms with Gasteiger partial charge in [-0.3, -0.25) is 4.99 Å². The van der Waals surface area contributed by atoms with Crippen molar-refractivity contribution in [3.05, 3.63) is 81.7 Å². The van der Waals surface area contributed by atoms with E-state index in [9.17, 15) is 19.8 Å².